The van der Waals surface area contributed by atoms with E-state index in [-0.39, 0.29) is 12.5 Å². The predicted octanol–water partition coefficient (Wildman–Crippen LogP) is 1.27. The van der Waals surface area contributed by atoms with Crippen molar-refractivity contribution in [2.24, 2.45) is 4.99 Å². The molecule has 0 atom stereocenters. The SMILES string of the molecule is CN=C(NCCc1ccc(OCC(=O)NC2CC2)cc1)N1CCN(Cc2ccon2)CC1. The number of aromatic nitrogens is 1. The summed E-state index contributed by atoms with van der Waals surface area (Å²) in [6.07, 6.45) is 4.66. The number of benzene rings is 1. The van der Waals surface area contributed by atoms with Crippen LogP contribution in [0.3, 0.4) is 0 Å². The van der Waals surface area contributed by atoms with Gasteiger partial charge in [0.25, 0.3) is 5.91 Å². The van der Waals surface area contributed by atoms with E-state index in [1.807, 2.05) is 37.4 Å². The fourth-order valence-electron chi connectivity index (χ4n) is 3.72. The number of carbonyl (C=O) groups is 1. The molecule has 1 amide bonds. The van der Waals surface area contributed by atoms with Gasteiger partial charge in [0.2, 0.25) is 0 Å². The molecule has 1 aromatic carbocycles. The Morgan fingerprint density at radius 2 is 1.97 bits per heavy atom. The van der Waals surface area contributed by atoms with Crippen molar-refractivity contribution in [2.45, 2.75) is 31.8 Å². The van der Waals surface area contributed by atoms with Gasteiger partial charge in [-0.05, 0) is 37.0 Å². The maximum absolute atomic E-state index is 11.7. The zero-order chi connectivity index (χ0) is 22.2. The minimum atomic E-state index is -0.0499. The Morgan fingerprint density at radius 3 is 2.62 bits per heavy atom. The first kappa shape index (κ1) is 22.1. The third-order valence-corrected chi connectivity index (χ3v) is 5.69. The molecule has 9 nitrogen and oxygen atoms in total. The van der Waals surface area contributed by atoms with E-state index in [2.05, 4.69) is 30.6 Å². The molecule has 4 rings (SSSR count). The molecule has 1 saturated carbocycles. The van der Waals surface area contributed by atoms with Crippen LogP contribution in [0.5, 0.6) is 5.75 Å². The topological polar surface area (TPSA) is 95.2 Å². The van der Waals surface area contributed by atoms with E-state index >= 15 is 0 Å². The monoisotopic (exact) mass is 440 g/mol. The van der Waals surface area contributed by atoms with E-state index in [1.54, 1.807) is 6.26 Å². The van der Waals surface area contributed by atoms with Gasteiger partial charge in [0.1, 0.15) is 12.0 Å². The molecule has 1 aliphatic carbocycles. The van der Waals surface area contributed by atoms with Gasteiger partial charge in [-0.25, -0.2) is 0 Å². The number of nitrogens with one attached hydrogen (secondary N) is 2. The van der Waals surface area contributed by atoms with E-state index in [0.29, 0.717) is 11.8 Å². The Labute approximate surface area is 188 Å². The molecule has 0 radical (unpaired) electrons. The van der Waals surface area contributed by atoms with E-state index in [4.69, 9.17) is 9.26 Å². The molecule has 2 heterocycles. The minimum absolute atomic E-state index is 0.0499. The summed E-state index contributed by atoms with van der Waals surface area (Å²) in [5.74, 6) is 1.60. The number of nitrogens with zero attached hydrogens (tertiary/aromatic N) is 4. The number of hydrogen-bond donors (Lipinski definition) is 2. The first-order valence-corrected chi connectivity index (χ1v) is 11.3. The molecule has 0 spiro atoms. The predicted molar refractivity (Wildman–Crippen MR) is 122 cm³/mol. The molecule has 32 heavy (non-hydrogen) atoms. The van der Waals surface area contributed by atoms with E-state index in [1.165, 1.54) is 5.56 Å². The molecule has 2 fully saturated rings. The van der Waals surface area contributed by atoms with Crippen LogP contribution in [0.1, 0.15) is 24.1 Å². The number of aliphatic imine (C=N–C) groups is 1. The highest BCUT2D eigenvalue weighted by Crippen LogP contribution is 2.18. The summed E-state index contributed by atoms with van der Waals surface area (Å²) < 4.78 is 10.5. The quantitative estimate of drug-likeness (QED) is 0.448. The smallest absolute Gasteiger partial charge is 0.258 e. The van der Waals surface area contributed by atoms with Gasteiger partial charge in [0, 0.05) is 58.4 Å². The number of ether oxygens (including phenoxy) is 1. The normalized spacial score (nSPS) is 17.3. The van der Waals surface area contributed by atoms with Crippen LogP contribution in [0.4, 0.5) is 0 Å². The van der Waals surface area contributed by atoms with Crippen LogP contribution < -0.4 is 15.4 Å². The lowest BCUT2D eigenvalue weighted by Crippen LogP contribution is -2.52. The average Bonchev–Trinajstić information content (AvgIpc) is 3.48. The molecular weight excluding hydrogens is 408 g/mol. The van der Waals surface area contributed by atoms with Crippen LogP contribution in [0, 0.1) is 0 Å². The van der Waals surface area contributed by atoms with Crippen molar-refractivity contribution in [1.82, 2.24) is 25.6 Å². The van der Waals surface area contributed by atoms with Crippen molar-refractivity contribution in [3.8, 4) is 5.75 Å². The standard InChI is InChI=1S/C23H32N6O3/c1-24-23(29-13-11-28(12-14-29)16-20-9-15-32-27-20)25-10-8-18-2-6-21(7-3-18)31-17-22(30)26-19-4-5-19/h2-3,6-7,9,15,19H,4-5,8,10-14,16-17H2,1H3,(H,24,25)(H,26,30). The molecule has 0 unspecified atom stereocenters. The van der Waals surface area contributed by atoms with Crippen molar-refractivity contribution in [3.63, 3.8) is 0 Å². The number of guanidine groups is 1. The van der Waals surface area contributed by atoms with Gasteiger partial charge in [0.05, 0.1) is 5.69 Å². The lowest BCUT2D eigenvalue weighted by molar-refractivity contribution is -0.123. The van der Waals surface area contributed by atoms with Crippen LogP contribution in [0.2, 0.25) is 0 Å². The second-order valence-corrected chi connectivity index (χ2v) is 8.25. The highest BCUT2D eigenvalue weighted by atomic mass is 16.5. The summed E-state index contributed by atoms with van der Waals surface area (Å²) in [6.45, 7) is 5.48. The second kappa shape index (κ2) is 11.0. The average molecular weight is 441 g/mol. The Morgan fingerprint density at radius 1 is 1.19 bits per heavy atom. The fraction of sp³-hybridized carbons (Fsp3) is 0.522. The fourth-order valence-corrected chi connectivity index (χ4v) is 3.72. The van der Waals surface area contributed by atoms with E-state index in [0.717, 1.165) is 70.2 Å². The van der Waals surface area contributed by atoms with Crippen molar-refractivity contribution in [1.29, 1.82) is 0 Å². The van der Waals surface area contributed by atoms with E-state index < -0.39 is 0 Å². The van der Waals surface area contributed by atoms with Crippen molar-refractivity contribution in [3.05, 3.63) is 47.9 Å². The van der Waals surface area contributed by atoms with E-state index in [9.17, 15) is 4.79 Å². The molecule has 2 N–H and O–H groups in total. The zero-order valence-corrected chi connectivity index (χ0v) is 18.6. The highest BCUT2D eigenvalue weighted by Gasteiger charge is 2.23. The lowest BCUT2D eigenvalue weighted by atomic mass is 10.1. The van der Waals surface area contributed by atoms with Gasteiger partial charge in [-0.15, -0.1) is 0 Å². The van der Waals surface area contributed by atoms with Crippen LogP contribution >= 0.6 is 0 Å². The van der Waals surface area contributed by atoms with Crippen LogP contribution in [-0.2, 0) is 17.8 Å². The van der Waals surface area contributed by atoms with Gasteiger partial charge in [-0.1, -0.05) is 17.3 Å². The molecule has 172 valence electrons. The highest BCUT2D eigenvalue weighted by molar-refractivity contribution is 5.80. The Kier molecular flexibility index (Phi) is 7.60. The third-order valence-electron chi connectivity index (χ3n) is 5.69. The van der Waals surface area contributed by atoms with Crippen molar-refractivity contribution in [2.75, 3.05) is 46.4 Å². The number of amides is 1. The van der Waals surface area contributed by atoms with Crippen molar-refractivity contribution >= 4 is 11.9 Å². The Hall–Kier alpha value is -3.07. The maximum atomic E-state index is 11.7. The van der Waals surface area contributed by atoms with Crippen LogP contribution in [0.15, 0.2) is 46.1 Å². The summed E-state index contributed by atoms with van der Waals surface area (Å²) >= 11 is 0. The van der Waals surface area contributed by atoms with Gasteiger partial charge in [-0.2, -0.15) is 0 Å². The molecular formula is C23H32N6O3. The summed E-state index contributed by atoms with van der Waals surface area (Å²) in [5, 5.41) is 10.4. The number of piperazine rings is 1. The first-order valence-electron chi connectivity index (χ1n) is 11.3. The molecule has 1 saturated heterocycles. The number of hydrogen-bond acceptors (Lipinski definition) is 6. The lowest BCUT2D eigenvalue weighted by Gasteiger charge is -2.36. The molecule has 2 aliphatic rings. The van der Waals surface area contributed by atoms with Gasteiger partial charge >= 0.3 is 0 Å². The summed E-state index contributed by atoms with van der Waals surface area (Å²) in [7, 11) is 1.83. The Balaban J connectivity index is 1.14. The van der Waals surface area contributed by atoms with Gasteiger partial charge in [-0.3, -0.25) is 14.7 Å². The third kappa shape index (κ3) is 6.71. The van der Waals surface area contributed by atoms with Crippen LogP contribution in [0.25, 0.3) is 0 Å². The molecule has 2 aromatic rings. The number of carbonyl (C=O) groups excluding carboxylic acids is 1. The minimum Gasteiger partial charge on any atom is -0.484 e. The van der Waals surface area contributed by atoms with Crippen molar-refractivity contribution < 1.29 is 14.1 Å². The maximum Gasteiger partial charge on any atom is 0.258 e. The largest absolute Gasteiger partial charge is 0.484 e. The van der Waals surface area contributed by atoms with Gasteiger partial charge < -0.3 is 24.8 Å². The summed E-state index contributed by atoms with van der Waals surface area (Å²) in [5.41, 5.74) is 2.18. The summed E-state index contributed by atoms with van der Waals surface area (Å²) in [6, 6.07) is 10.2. The molecule has 9 heteroatoms. The summed E-state index contributed by atoms with van der Waals surface area (Å²) in [4.78, 5) is 20.8. The molecule has 1 aliphatic heterocycles. The Bertz CT molecular complexity index is 872. The molecule has 0 bridgehead atoms. The zero-order valence-electron chi connectivity index (χ0n) is 18.6. The second-order valence-electron chi connectivity index (χ2n) is 8.25. The molecule has 1 aromatic heterocycles. The van der Waals surface area contributed by atoms with Crippen LogP contribution in [-0.4, -0.2) is 79.2 Å². The first-order chi connectivity index (χ1) is 15.7. The number of rotatable bonds is 9. The van der Waals surface area contributed by atoms with Gasteiger partial charge in [0.15, 0.2) is 12.6 Å².